The molecule has 72 valence electrons. The Morgan fingerprint density at radius 3 is 2.50 bits per heavy atom. The molecule has 0 aliphatic carbocycles. The summed E-state index contributed by atoms with van der Waals surface area (Å²) in [5, 5.41) is 4.10. The summed E-state index contributed by atoms with van der Waals surface area (Å²) in [7, 11) is 0. The van der Waals surface area contributed by atoms with Crippen LogP contribution in [0.15, 0.2) is 12.5 Å². The molecule has 2 nitrogen and oxygen atoms in total. The van der Waals surface area contributed by atoms with Crippen molar-refractivity contribution >= 4 is 15.9 Å². The van der Waals surface area contributed by atoms with E-state index in [-0.39, 0.29) is 5.60 Å². The topological polar surface area (TPSA) is 21.3 Å². The zero-order chi connectivity index (χ0) is 9.61. The number of halogens is 1. The van der Waals surface area contributed by atoms with E-state index < -0.39 is 0 Å². The van der Waals surface area contributed by atoms with Gasteiger partial charge in [0.05, 0.1) is 0 Å². The van der Waals surface area contributed by atoms with E-state index in [0.29, 0.717) is 5.88 Å². The molecular formula is C9H18BrNO. The molecule has 0 fully saturated rings. The normalized spacial score (nSPS) is 11.0. The van der Waals surface area contributed by atoms with Crippen LogP contribution >= 0.6 is 15.9 Å². The highest BCUT2D eigenvalue weighted by Crippen LogP contribution is 2.09. The number of hydrogen-bond acceptors (Lipinski definition) is 2. The Morgan fingerprint density at radius 2 is 2.08 bits per heavy atom. The van der Waals surface area contributed by atoms with Gasteiger partial charge in [0, 0.05) is 11.9 Å². The molecule has 0 saturated heterocycles. The number of ether oxygens (including phenoxy) is 1. The van der Waals surface area contributed by atoms with Gasteiger partial charge in [0.1, 0.15) is 5.60 Å². The van der Waals surface area contributed by atoms with Gasteiger partial charge in [-0.05, 0) is 33.8 Å². The van der Waals surface area contributed by atoms with E-state index >= 15 is 0 Å². The molecule has 0 heterocycles. The fraction of sp³-hybridized carbons (Fsp3) is 0.778. The molecule has 0 aromatic heterocycles. The SMILES string of the molecule is C=C(NCCCBr)OC(C)(C)C. The maximum absolute atomic E-state index is 5.46. The van der Waals surface area contributed by atoms with E-state index in [1.165, 1.54) is 0 Å². The Bertz CT molecular complexity index is 140. The number of alkyl halides is 1. The summed E-state index contributed by atoms with van der Waals surface area (Å²) in [5.41, 5.74) is -0.154. The highest BCUT2D eigenvalue weighted by molar-refractivity contribution is 9.09. The zero-order valence-corrected chi connectivity index (χ0v) is 9.70. The average molecular weight is 236 g/mol. The summed E-state index contributed by atoms with van der Waals surface area (Å²) in [6.07, 6.45) is 1.08. The third kappa shape index (κ3) is 7.92. The zero-order valence-electron chi connectivity index (χ0n) is 8.11. The van der Waals surface area contributed by atoms with Crippen LogP contribution in [0.1, 0.15) is 27.2 Å². The molecule has 12 heavy (non-hydrogen) atoms. The number of hydrogen-bond donors (Lipinski definition) is 1. The fourth-order valence-corrected chi connectivity index (χ4v) is 0.981. The van der Waals surface area contributed by atoms with Gasteiger partial charge in [0.25, 0.3) is 0 Å². The third-order valence-electron chi connectivity index (χ3n) is 1.06. The van der Waals surface area contributed by atoms with E-state index in [0.717, 1.165) is 18.3 Å². The Morgan fingerprint density at radius 1 is 1.50 bits per heavy atom. The van der Waals surface area contributed by atoms with Gasteiger partial charge in [-0.25, -0.2) is 0 Å². The highest BCUT2D eigenvalue weighted by Gasteiger charge is 2.11. The van der Waals surface area contributed by atoms with Crippen molar-refractivity contribution in [2.24, 2.45) is 0 Å². The van der Waals surface area contributed by atoms with Crippen molar-refractivity contribution in [3.8, 4) is 0 Å². The molecule has 0 spiro atoms. The molecule has 0 atom stereocenters. The summed E-state index contributed by atoms with van der Waals surface area (Å²) in [6.45, 7) is 10.7. The van der Waals surface area contributed by atoms with Crippen LogP contribution in [0.3, 0.4) is 0 Å². The van der Waals surface area contributed by atoms with Gasteiger partial charge in [-0.2, -0.15) is 0 Å². The van der Waals surface area contributed by atoms with Crippen LogP contribution in [-0.2, 0) is 4.74 Å². The van der Waals surface area contributed by atoms with Crippen LogP contribution in [0.2, 0.25) is 0 Å². The summed E-state index contributed by atoms with van der Waals surface area (Å²) >= 11 is 3.35. The quantitative estimate of drug-likeness (QED) is 0.450. The molecular weight excluding hydrogens is 218 g/mol. The molecule has 0 radical (unpaired) electrons. The van der Waals surface area contributed by atoms with Crippen molar-refractivity contribution in [2.75, 3.05) is 11.9 Å². The Kier molecular flexibility index (Phi) is 5.38. The molecule has 0 bridgehead atoms. The average Bonchev–Trinajstić information content (AvgIpc) is 1.84. The Hall–Kier alpha value is -0.180. The lowest BCUT2D eigenvalue weighted by Gasteiger charge is -2.23. The minimum absolute atomic E-state index is 0.154. The first-order valence-corrected chi connectivity index (χ1v) is 5.25. The predicted octanol–water partition coefficient (Wildman–Crippen LogP) is 2.65. The number of rotatable bonds is 5. The van der Waals surface area contributed by atoms with Crippen molar-refractivity contribution in [3.63, 3.8) is 0 Å². The molecule has 0 aliphatic heterocycles. The van der Waals surface area contributed by atoms with Crippen LogP contribution in [-0.4, -0.2) is 17.5 Å². The third-order valence-corrected chi connectivity index (χ3v) is 1.62. The summed E-state index contributed by atoms with van der Waals surface area (Å²) in [4.78, 5) is 0. The minimum atomic E-state index is -0.154. The van der Waals surface area contributed by atoms with Crippen LogP contribution in [0.4, 0.5) is 0 Å². The molecule has 0 unspecified atom stereocenters. The maximum Gasteiger partial charge on any atom is 0.179 e. The molecule has 0 aromatic carbocycles. The molecule has 1 N–H and O–H groups in total. The second kappa shape index (κ2) is 5.46. The predicted molar refractivity (Wildman–Crippen MR) is 56.4 cm³/mol. The molecule has 0 amide bonds. The van der Waals surface area contributed by atoms with Crippen LogP contribution in [0.5, 0.6) is 0 Å². The molecule has 3 heteroatoms. The Balaban J connectivity index is 3.47. The first kappa shape index (κ1) is 11.8. The second-order valence-corrected chi connectivity index (χ2v) is 4.40. The first-order chi connectivity index (χ1) is 5.45. The van der Waals surface area contributed by atoms with E-state index in [1.54, 1.807) is 0 Å². The summed E-state index contributed by atoms with van der Waals surface area (Å²) < 4.78 is 5.46. The minimum Gasteiger partial charge on any atom is -0.474 e. The van der Waals surface area contributed by atoms with E-state index in [4.69, 9.17) is 4.74 Å². The van der Waals surface area contributed by atoms with Gasteiger partial charge in [0.2, 0.25) is 0 Å². The van der Waals surface area contributed by atoms with Crippen molar-refractivity contribution in [1.29, 1.82) is 0 Å². The number of nitrogens with one attached hydrogen (secondary N) is 1. The Labute approximate surface area is 83.5 Å². The largest absolute Gasteiger partial charge is 0.474 e. The van der Waals surface area contributed by atoms with Gasteiger partial charge in [-0.1, -0.05) is 15.9 Å². The van der Waals surface area contributed by atoms with Gasteiger partial charge >= 0.3 is 0 Å². The molecule has 0 aromatic rings. The van der Waals surface area contributed by atoms with E-state index in [1.807, 2.05) is 20.8 Å². The lowest BCUT2D eigenvalue weighted by atomic mass is 10.2. The van der Waals surface area contributed by atoms with Gasteiger partial charge < -0.3 is 10.1 Å². The lowest BCUT2D eigenvalue weighted by Crippen LogP contribution is -2.25. The first-order valence-electron chi connectivity index (χ1n) is 4.13. The van der Waals surface area contributed by atoms with Crippen LogP contribution in [0.25, 0.3) is 0 Å². The van der Waals surface area contributed by atoms with Gasteiger partial charge in [-0.3, -0.25) is 0 Å². The van der Waals surface area contributed by atoms with Crippen molar-refractivity contribution in [3.05, 3.63) is 12.5 Å². The van der Waals surface area contributed by atoms with Crippen LogP contribution < -0.4 is 5.32 Å². The van der Waals surface area contributed by atoms with Gasteiger partial charge in [-0.15, -0.1) is 0 Å². The van der Waals surface area contributed by atoms with Gasteiger partial charge in [0.15, 0.2) is 5.88 Å². The van der Waals surface area contributed by atoms with Crippen molar-refractivity contribution in [1.82, 2.24) is 5.32 Å². The molecule has 0 aliphatic rings. The monoisotopic (exact) mass is 235 g/mol. The fourth-order valence-electron chi connectivity index (χ4n) is 0.700. The summed E-state index contributed by atoms with van der Waals surface area (Å²) in [5.74, 6) is 0.656. The van der Waals surface area contributed by atoms with Crippen molar-refractivity contribution in [2.45, 2.75) is 32.8 Å². The lowest BCUT2D eigenvalue weighted by molar-refractivity contribution is 0.0417. The highest BCUT2D eigenvalue weighted by atomic mass is 79.9. The molecule has 0 saturated carbocycles. The van der Waals surface area contributed by atoms with Crippen molar-refractivity contribution < 1.29 is 4.74 Å². The van der Waals surface area contributed by atoms with E-state index in [2.05, 4.69) is 27.8 Å². The summed E-state index contributed by atoms with van der Waals surface area (Å²) in [6, 6.07) is 0. The standard InChI is InChI=1S/C9H18BrNO/c1-8(11-7-5-6-10)12-9(2,3)4/h11H,1,5-7H2,2-4H3. The van der Waals surface area contributed by atoms with Crippen LogP contribution in [0, 0.1) is 0 Å². The molecule has 0 rings (SSSR count). The maximum atomic E-state index is 5.46. The second-order valence-electron chi connectivity index (χ2n) is 3.61. The van der Waals surface area contributed by atoms with E-state index in [9.17, 15) is 0 Å². The smallest absolute Gasteiger partial charge is 0.179 e.